The quantitative estimate of drug-likeness (QED) is 0.537. The van der Waals surface area contributed by atoms with Crippen LogP contribution < -0.4 is 0 Å². The first-order valence-electron chi connectivity index (χ1n) is 6.17. The van der Waals surface area contributed by atoms with Crippen LogP contribution >= 0.6 is 12.6 Å². The van der Waals surface area contributed by atoms with Crippen molar-refractivity contribution in [2.75, 3.05) is 25.6 Å². The summed E-state index contributed by atoms with van der Waals surface area (Å²) in [5.41, 5.74) is 0. The van der Waals surface area contributed by atoms with Gasteiger partial charge < -0.3 is 9.47 Å². The highest BCUT2D eigenvalue weighted by atomic mass is 32.1. The van der Waals surface area contributed by atoms with Crippen molar-refractivity contribution in [2.45, 2.75) is 45.1 Å². The number of thiol groups is 1. The summed E-state index contributed by atoms with van der Waals surface area (Å²) in [7, 11) is 0. The lowest BCUT2D eigenvalue weighted by Gasteiger charge is -2.27. The van der Waals surface area contributed by atoms with Gasteiger partial charge in [-0.1, -0.05) is 13.3 Å². The van der Waals surface area contributed by atoms with Crippen LogP contribution in [0.1, 0.15) is 39.0 Å². The summed E-state index contributed by atoms with van der Waals surface area (Å²) in [4.78, 5) is 0. The van der Waals surface area contributed by atoms with Crippen LogP contribution in [-0.4, -0.2) is 31.7 Å². The largest absolute Gasteiger partial charge is 0.378 e. The van der Waals surface area contributed by atoms with Crippen molar-refractivity contribution in [1.29, 1.82) is 0 Å². The predicted octanol–water partition coefficient (Wildman–Crippen LogP) is 2.92. The van der Waals surface area contributed by atoms with E-state index in [0.717, 1.165) is 24.9 Å². The van der Waals surface area contributed by atoms with Crippen molar-refractivity contribution in [1.82, 2.24) is 0 Å². The van der Waals surface area contributed by atoms with Crippen molar-refractivity contribution >= 4 is 12.6 Å². The van der Waals surface area contributed by atoms with Gasteiger partial charge in [-0.25, -0.2) is 0 Å². The zero-order chi connectivity index (χ0) is 10.9. The van der Waals surface area contributed by atoms with E-state index in [0.29, 0.717) is 12.7 Å². The van der Waals surface area contributed by atoms with Gasteiger partial charge in [-0.15, -0.1) is 0 Å². The minimum Gasteiger partial charge on any atom is -0.378 e. The molecule has 0 spiro atoms. The van der Waals surface area contributed by atoms with E-state index in [4.69, 9.17) is 9.47 Å². The van der Waals surface area contributed by atoms with E-state index in [-0.39, 0.29) is 0 Å². The second-order valence-electron chi connectivity index (χ2n) is 4.26. The molecule has 0 N–H and O–H groups in total. The van der Waals surface area contributed by atoms with Gasteiger partial charge in [0.15, 0.2) is 0 Å². The molecular weight excluding hydrogens is 208 g/mol. The third-order valence-electron chi connectivity index (χ3n) is 3.19. The highest BCUT2D eigenvalue weighted by molar-refractivity contribution is 7.80. The molecule has 0 radical (unpaired) electrons. The van der Waals surface area contributed by atoms with E-state index < -0.39 is 0 Å². The maximum Gasteiger partial charge on any atom is 0.0704 e. The van der Waals surface area contributed by atoms with Crippen molar-refractivity contribution in [3.8, 4) is 0 Å². The Kier molecular flexibility index (Phi) is 7.49. The topological polar surface area (TPSA) is 18.5 Å². The van der Waals surface area contributed by atoms with Crippen molar-refractivity contribution < 1.29 is 9.47 Å². The average Bonchev–Trinajstić information content (AvgIpc) is 2.30. The molecular formula is C12H24O2S. The summed E-state index contributed by atoms with van der Waals surface area (Å²) in [5, 5.41) is 0. The molecule has 0 aromatic heterocycles. The van der Waals surface area contributed by atoms with E-state index in [1.54, 1.807) is 0 Å². The number of rotatable bonds is 7. The Morgan fingerprint density at radius 1 is 1.07 bits per heavy atom. The van der Waals surface area contributed by atoms with Crippen LogP contribution in [0.4, 0.5) is 0 Å². The molecule has 0 aromatic carbocycles. The first-order valence-corrected chi connectivity index (χ1v) is 6.80. The molecule has 1 saturated carbocycles. The van der Waals surface area contributed by atoms with Crippen LogP contribution in [0, 0.1) is 5.92 Å². The highest BCUT2D eigenvalue weighted by Gasteiger charge is 2.19. The standard InChI is InChI=1S/C12H24O2S/c1-2-11-3-5-12(6-4-11)14-8-7-13-9-10-15/h11-12,15H,2-10H2,1H3. The first-order chi connectivity index (χ1) is 7.36. The van der Waals surface area contributed by atoms with Gasteiger partial charge in [0, 0.05) is 5.75 Å². The fourth-order valence-corrected chi connectivity index (χ4v) is 2.28. The van der Waals surface area contributed by atoms with Gasteiger partial charge in [-0.2, -0.15) is 12.6 Å². The van der Waals surface area contributed by atoms with Crippen molar-refractivity contribution in [3.05, 3.63) is 0 Å². The molecule has 15 heavy (non-hydrogen) atoms. The van der Waals surface area contributed by atoms with Gasteiger partial charge >= 0.3 is 0 Å². The smallest absolute Gasteiger partial charge is 0.0704 e. The Morgan fingerprint density at radius 2 is 1.80 bits per heavy atom. The fraction of sp³-hybridized carbons (Fsp3) is 1.00. The number of hydrogen-bond acceptors (Lipinski definition) is 3. The van der Waals surface area contributed by atoms with Gasteiger partial charge in [0.1, 0.15) is 0 Å². The first kappa shape index (κ1) is 13.3. The molecule has 1 fully saturated rings. The van der Waals surface area contributed by atoms with Gasteiger partial charge in [0.05, 0.1) is 25.9 Å². The summed E-state index contributed by atoms with van der Waals surface area (Å²) < 4.78 is 11.1. The van der Waals surface area contributed by atoms with E-state index in [9.17, 15) is 0 Å². The maximum absolute atomic E-state index is 5.77. The van der Waals surface area contributed by atoms with E-state index in [2.05, 4.69) is 19.6 Å². The molecule has 0 aromatic rings. The Labute approximate surface area is 99.1 Å². The van der Waals surface area contributed by atoms with E-state index in [1.807, 2.05) is 0 Å². The lowest BCUT2D eigenvalue weighted by Crippen LogP contribution is -2.23. The molecule has 2 nitrogen and oxygen atoms in total. The minimum atomic E-state index is 0.493. The third-order valence-corrected chi connectivity index (χ3v) is 3.37. The van der Waals surface area contributed by atoms with Crippen LogP contribution in [0.2, 0.25) is 0 Å². The molecule has 90 valence electrons. The van der Waals surface area contributed by atoms with E-state index >= 15 is 0 Å². The second kappa shape index (κ2) is 8.43. The average molecular weight is 232 g/mol. The monoisotopic (exact) mass is 232 g/mol. The second-order valence-corrected chi connectivity index (χ2v) is 4.70. The third kappa shape index (κ3) is 5.79. The van der Waals surface area contributed by atoms with Crippen molar-refractivity contribution in [3.63, 3.8) is 0 Å². The molecule has 3 heteroatoms. The Balaban J connectivity index is 1.94. The molecule has 0 amide bonds. The molecule has 0 saturated heterocycles. The Morgan fingerprint density at radius 3 is 2.40 bits per heavy atom. The highest BCUT2D eigenvalue weighted by Crippen LogP contribution is 2.27. The molecule has 1 aliphatic carbocycles. The van der Waals surface area contributed by atoms with Gasteiger partial charge in [0.2, 0.25) is 0 Å². The van der Waals surface area contributed by atoms with Crippen LogP contribution in [0.5, 0.6) is 0 Å². The zero-order valence-corrected chi connectivity index (χ0v) is 10.7. The van der Waals surface area contributed by atoms with Crippen LogP contribution in [0.25, 0.3) is 0 Å². The molecule has 0 bridgehead atoms. The number of ether oxygens (including phenoxy) is 2. The lowest BCUT2D eigenvalue weighted by atomic mass is 9.86. The SMILES string of the molecule is CCC1CCC(OCCOCCS)CC1. The van der Waals surface area contributed by atoms with Gasteiger partial charge in [-0.3, -0.25) is 0 Å². The Hall–Kier alpha value is 0.270. The zero-order valence-electron chi connectivity index (χ0n) is 9.78. The van der Waals surface area contributed by atoms with Crippen LogP contribution in [-0.2, 0) is 9.47 Å². The summed E-state index contributed by atoms with van der Waals surface area (Å²) in [5.74, 6) is 1.74. The summed E-state index contributed by atoms with van der Waals surface area (Å²) in [6.45, 7) is 4.48. The van der Waals surface area contributed by atoms with E-state index in [1.165, 1.54) is 32.1 Å². The number of hydrogen-bond donors (Lipinski definition) is 1. The van der Waals surface area contributed by atoms with Gasteiger partial charge in [-0.05, 0) is 31.6 Å². The molecule has 1 aliphatic rings. The molecule has 0 atom stereocenters. The lowest BCUT2D eigenvalue weighted by molar-refractivity contribution is -0.0141. The predicted molar refractivity (Wildman–Crippen MR) is 66.7 cm³/mol. The van der Waals surface area contributed by atoms with Gasteiger partial charge in [0.25, 0.3) is 0 Å². The molecule has 0 unspecified atom stereocenters. The van der Waals surface area contributed by atoms with Crippen molar-refractivity contribution in [2.24, 2.45) is 5.92 Å². The summed E-state index contributed by atoms with van der Waals surface area (Å²) in [6.07, 6.45) is 7.00. The fourth-order valence-electron chi connectivity index (χ4n) is 2.15. The molecule has 1 rings (SSSR count). The summed E-state index contributed by atoms with van der Waals surface area (Å²) in [6, 6.07) is 0. The maximum atomic E-state index is 5.77. The molecule has 0 aliphatic heterocycles. The van der Waals surface area contributed by atoms with Crippen LogP contribution in [0.3, 0.4) is 0 Å². The Bertz CT molecular complexity index is 145. The normalized spacial score (nSPS) is 26.8. The minimum absolute atomic E-state index is 0.493. The molecule has 0 heterocycles. The summed E-state index contributed by atoms with van der Waals surface area (Å²) >= 11 is 4.08. The van der Waals surface area contributed by atoms with Crippen LogP contribution in [0.15, 0.2) is 0 Å².